The van der Waals surface area contributed by atoms with Crippen LogP contribution in [0.15, 0.2) is 102 Å². The van der Waals surface area contributed by atoms with Crippen molar-refractivity contribution in [1.82, 2.24) is 10.2 Å². The summed E-state index contributed by atoms with van der Waals surface area (Å²) in [6, 6.07) is 25.7. The molecule has 0 spiro atoms. The van der Waals surface area contributed by atoms with E-state index in [0.29, 0.717) is 34.3 Å². The van der Waals surface area contributed by atoms with Crippen molar-refractivity contribution in [3.63, 3.8) is 0 Å². The zero-order chi connectivity index (χ0) is 34.0. The van der Waals surface area contributed by atoms with Gasteiger partial charge < -0.3 is 19.7 Å². The van der Waals surface area contributed by atoms with Gasteiger partial charge in [-0.05, 0) is 60.0 Å². The lowest BCUT2D eigenvalue weighted by molar-refractivity contribution is -0.140. The van der Waals surface area contributed by atoms with Crippen LogP contribution in [0.2, 0.25) is 10.0 Å². The minimum atomic E-state index is -4.37. The Kier molecular flexibility index (Phi) is 12.5. The molecule has 47 heavy (non-hydrogen) atoms. The Balaban J connectivity index is 1.82. The van der Waals surface area contributed by atoms with E-state index in [9.17, 15) is 18.0 Å². The van der Waals surface area contributed by atoms with Gasteiger partial charge in [0.05, 0.1) is 24.8 Å². The molecule has 4 rings (SSSR count). The SMILES string of the molecule is CCCNC(=O)C(Cc1ccccc1)N(Cc1ccccc1Cl)C(=O)CN(c1ccc(Cl)cc1)S(=O)(=O)c1ccc(OC)c(OC)c1. The molecule has 1 unspecified atom stereocenters. The van der Waals surface area contributed by atoms with Crippen LogP contribution in [0, 0.1) is 0 Å². The van der Waals surface area contributed by atoms with Crippen molar-refractivity contribution >= 4 is 50.7 Å². The van der Waals surface area contributed by atoms with Crippen molar-refractivity contribution in [3.05, 3.63) is 118 Å². The number of hydrogen-bond donors (Lipinski definition) is 1. The zero-order valence-electron chi connectivity index (χ0n) is 26.4. The number of ether oxygens (including phenoxy) is 2. The highest BCUT2D eigenvalue weighted by atomic mass is 35.5. The summed E-state index contributed by atoms with van der Waals surface area (Å²) in [5, 5.41) is 3.72. The third kappa shape index (κ3) is 8.97. The van der Waals surface area contributed by atoms with Crippen LogP contribution in [0.3, 0.4) is 0 Å². The van der Waals surface area contributed by atoms with Crippen LogP contribution < -0.4 is 19.1 Å². The number of rotatable bonds is 15. The van der Waals surface area contributed by atoms with Crippen LogP contribution in [0.5, 0.6) is 11.5 Å². The smallest absolute Gasteiger partial charge is 0.264 e. The second kappa shape index (κ2) is 16.5. The molecule has 0 radical (unpaired) electrons. The van der Waals surface area contributed by atoms with Crippen LogP contribution in [0.4, 0.5) is 5.69 Å². The Labute approximate surface area is 286 Å². The fourth-order valence-electron chi connectivity index (χ4n) is 4.97. The number of methoxy groups -OCH3 is 2. The number of anilines is 1. The monoisotopic (exact) mass is 697 g/mol. The van der Waals surface area contributed by atoms with Crippen molar-refractivity contribution in [1.29, 1.82) is 0 Å². The molecule has 0 aromatic heterocycles. The van der Waals surface area contributed by atoms with Crippen LogP contribution in [-0.4, -0.2) is 58.5 Å². The first-order valence-corrected chi connectivity index (χ1v) is 17.1. The van der Waals surface area contributed by atoms with E-state index in [1.165, 1.54) is 61.6 Å². The minimum Gasteiger partial charge on any atom is -0.493 e. The average Bonchev–Trinajstić information content (AvgIpc) is 3.08. The molecular formula is C35H37Cl2N3O6S. The van der Waals surface area contributed by atoms with E-state index in [-0.39, 0.29) is 35.2 Å². The Hall–Kier alpha value is -4.25. The molecule has 1 atom stereocenters. The molecule has 4 aromatic carbocycles. The molecule has 0 heterocycles. The molecule has 1 N–H and O–H groups in total. The lowest BCUT2D eigenvalue weighted by atomic mass is 10.0. The van der Waals surface area contributed by atoms with Crippen molar-refractivity contribution < 1.29 is 27.5 Å². The van der Waals surface area contributed by atoms with Gasteiger partial charge in [0.1, 0.15) is 12.6 Å². The molecule has 4 aromatic rings. The van der Waals surface area contributed by atoms with Crippen LogP contribution in [0.1, 0.15) is 24.5 Å². The maximum absolute atomic E-state index is 14.5. The van der Waals surface area contributed by atoms with Gasteiger partial charge in [0.25, 0.3) is 10.0 Å². The van der Waals surface area contributed by atoms with Gasteiger partial charge in [0.15, 0.2) is 11.5 Å². The van der Waals surface area contributed by atoms with E-state index >= 15 is 0 Å². The van der Waals surface area contributed by atoms with Gasteiger partial charge in [-0.2, -0.15) is 0 Å². The lowest BCUT2D eigenvalue weighted by Crippen LogP contribution is -2.53. The van der Waals surface area contributed by atoms with Crippen LogP contribution in [0.25, 0.3) is 0 Å². The van der Waals surface area contributed by atoms with E-state index in [1.54, 1.807) is 24.3 Å². The number of carbonyl (C=O) groups excluding carboxylic acids is 2. The van der Waals surface area contributed by atoms with E-state index in [1.807, 2.05) is 37.3 Å². The molecule has 0 aliphatic heterocycles. The summed E-state index contributed by atoms with van der Waals surface area (Å²) in [5.74, 6) is -0.437. The minimum absolute atomic E-state index is 0.0413. The van der Waals surface area contributed by atoms with Crippen molar-refractivity contribution in [2.24, 2.45) is 0 Å². The summed E-state index contributed by atoms with van der Waals surface area (Å²) < 4.78 is 40.3. The van der Waals surface area contributed by atoms with Gasteiger partial charge in [-0.3, -0.25) is 13.9 Å². The molecule has 0 bridgehead atoms. The highest BCUT2D eigenvalue weighted by Gasteiger charge is 2.35. The number of nitrogens with one attached hydrogen (secondary N) is 1. The normalized spacial score (nSPS) is 11.8. The number of halogens is 2. The number of nitrogens with zero attached hydrogens (tertiary/aromatic N) is 2. The molecule has 0 saturated carbocycles. The molecule has 9 nitrogen and oxygen atoms in total. The molecule has 2 amide bonds. The average molecular weight is 699 g/mol. The quantitative estimate of drug-likeness (QED) is 0.155. The summed E-state index contributed by atoms with van der Waals surface area (Å²) >= 11 is 12.7. The molecule has 0 saturated heterocycles. The van der Waals surface area contributed by atoms with Gasteiger partial charge >= 0.3 is 0 Å². The van der Waals surface area contributed by atoms with Crippen molar-refractivity contribution in [2.75, 3.05) is 31.6 Å². The number of amides is 2. The highest BCUT2D eigenvalue weighted by molar-refractivity contribution is 7.92. The largest absolute Gasteiger partial charge is 0.493 e. The maximum atomic E-state index is 14.5. The van der Waals surface area contributed by atoms with Gasteiger partial charge in [0, 0.05) is 35.6 Å². The van der Waals surface area contributed by atoms with Crippen molar-refractivity contribution in [3.8, 4) is 11.5 Å². The van der Waals surface area contributed by atoms with Gasteiger partial charge in [-0.15, -0.1) is 0 Å². The summed E-state index contributed by atoms with van der Waals surface area (Å²) in [6.45, 7) is 1.67. The predicted octanol–water partition coefficient (Wildman–Crippen LogP) is 6.37. The fourth-order valence-corrected chi connectivity index (χ4v) is 6.72. The van der Waals surface area contributed by atoms with Gasteiger partial charge in [-0.25, -0.2) is 8.42 Å². The summed E-state index contributed by atoms with van der Waals surface area (Å²) in [6.07, 6.45) is 0.881. The topological polar surface area (TPSA) is 105 Å². The Bertz CT molecular complexity index is 1770. The summed E-state index contributed by atoms with van der Waals surface area (Å²) in [4.78, 5) is 29.6. The van der Waals surface area contributed by atoms with Crippen molar-refractivity contribution in [2.45, 2.75) is 37.2 Å². The lowest BCUT2D eigenvalue weighted by Gasteiger charge is -2.34. The van der Waals surface area contributed by atoms with E-state index < -0.39 is 28.5 Å². The molecular weight excluding hydrogens is 661 g/mol. The molecule has 0 aliphatic rings. The molecule has 12 heteroatoms. The molecule has 248 valence electrons. The first-order chi connectivity index (χ1) is 22.6. The summed E-state index contributed by atoms with van der Waals surface area (Å²) in [7, 11) is -1.53. The highest BCUT2D eigenvalue weighted by Crippen LogP contribution is 2.33. The maximum Gasteiger partial charge on any atom is 0.264 e. The zero-order valence-corrected chi connectivity index (χ0v) is 28.7. The number of benzene rings is 4. The standard InChI is InChI=1S/C35H37Cl2N3O6S/c1-4-20-38-35(42)31(21-25-10-6-5-7-11-25)39(23-26-12-8-9-13-30(26)37)34(41)24-40(28-16-14-27(36)15-17-28)47(43,44)29-18-19-32(45-2)33(22-29)46-3/h5-19,22,31H,4,20-21,23-24H2,1-3H3,(H,38,42). The van der Waals surface area contributed by atoms with Gasteiger partial charge in [0.2, 0.25) is 11.8 Å². The van der Waals surface area contributed by atoms with E-state index in [0.717, 1.165) is 9.87 Å². The second-order valence-corrected chi connectivity index (χ2v) is 13.3. The second-order valence-electron chi connectivity index (χ2n) is 10.6. The number of hydrogen-bond acceptors (Lipinski definition) is 6. The molecule has 0 fully saturated rings. The van der Waals surface area contributed by atoms with E-state index in [4.69, 9.17) is 32.7 Å². The van der Waals surface area contributed by atoms with Crippen LogP contribution >= 0.6 is 23.2 Å². The Morgan fingerprint density at radius 2 is 1.51 bits per heavy atom. The number of sulfonamides is 1. The Morgan fingerprint density at radius 3 is 2.15 bits per heavy atom. The third-order valence-corrected chi connectivity index (χ3v) is 9.85. The summed E-state index contributed by atoms with van der Waals surface area (Å²) in [5.41, 5.74) is 1.63. The Morgan fingerprint density at radius 1 is 0.851 bits per heavy atom. The molecule has 0 aliphatic carbocycles. The van der Waals surface area contributed by atoms with E-state index in [2.05, 4.69) is 5.32 Å². The first kappa shape index (κ1) is 35.6. The van der Waals surface area contributed by atoms with Crippen LogP contribution in [-0.2, 0) is 32.6 Å². The fraction of sp³-hybridized carbons (Fsp3) is 0.257. The van der Waals surface area contributed by atoms with Gasteiger partial charge in [-0.1, -0.05) is 78.7 Å². The number of carbonyl (C=O) groups is 2. The third-order valence-electron chi connectivity index (χ3n) is 7.46. The first-order valence-electron chi connectivity index (χ1n) is 14.9. The predicted molar refractivity (Wildman–Crippen MR) is 185 cm³/mol.